The Kier molecular flexibility index (Phi) is 8.25. The van der Waals surface area contributed by atoms with Crippen LogP contribution in [0.5, 0.6) is 0 Å². The van der Waals surface area contributed by atoms with E-state index in [1.807, 2.05) is 12.1 Å². The van der Waals surface area contributed by atoms with Gasteiger partial charge in [-0.2, -0.15) is 4.73 Å². The average Bonchev–Trinajstić information content (AvgIpc) is 3.06. The summed E-state index contributed by atoms with van der Waals surface area (Å²) in [7, 11) is 0. The first-order chi connectivity index (χ1) is 13.5. The van der Waals surface area contributed by atoms with Gasteiger partial charge in [-0.3, -0.25) is 10.1 Å². The Morgan fingerprint density at radius 2 is 1.86 bits per heavy atom. The fourth-order valence-corrected chi connectivity index (χ4v) is 3.18. The second kappa shape index (κ2) is 10.4. The van der Waals surface area contributed by atoms with Crippen molar-refractivity contribution in [2.24, 2.45) is 0 Å². The Balaban J connectivity index is 0.00000300. The molecule has 3 rings (SSSR count). The molecule has 0 amide bonds. The Hall–Kier alpha value is -2.35. The quantitative estimate of drug-likeness (QED) is 0.271. The van der Waals surface area contributed by atoms with Crippen LogP contribution < -0.4 is 4.84 Å². The van der Waals surface area contributed by atoms with Gasteiger partial charge < -0.3 is 9.74 Å². The smallest absolute Gasteiger partial charge is 0.271 e. The van der Waals surface area contributed by atoms with E-state index in [0.29, 0.717) is 28.5 Å². The maximum Gasteiger partial charge on any atom is 0.271 e. The first kappa shape index (κ1) is 22.9. The van der Waals surface area contributed by atoms with Crippen LogP contribution in [0.2, 0.25) is 5.02 Å². The lowest BCUT2D eigenvalue weighted by atomic mass is 10.2. The highest BCUT2D eigenvalue weighted by Gasteiger charge is 2.17. The van der Waals surface area contributed by atoms with Crippen molar-refractivity contribution in [3.63, 3.8) is 0 Å². The minimum Gasteiger partial charge on any atom is -0.412 e. The summed E-state index contributed by atoms with van der Waals surface area (Å²) >= 11 is 5.99. The number of aromatic nitrogens is 2. The number of benzene rings is 2. The molecule has 156 valence electrons. The normalized spacial score (nSPS) is 10.9. The van der Waals surface area contributed by atoms with E-state index in [2.05, 4.69) is 23.7 Å². The first-order valence-electron chi connectivity index (χ1n) is 9.32. The Morgan fingerprint density at radius 3 is 2.48 bits per heavy atom. The molecular formula is C20H24Cl2N4O3. The van der Waals surface area contributed by atoms with Gasteiger partial charge in [-0.15, -0.1) is 12.4 Å². The summed E-state index contributed by atoms with van der Waals surface area (Å²) in [6.45, 7) is 7.65. The van der Waals surface area contributed by atoms with Crippen molar-refractivity contribution in [2.75, 3.05) is 26.2 Å². The van der Waals surface area contributed by atoms with Crippen molar-refractivity contribution >= 4 is 40.7 Å². The van der Waals surface area contributed by atoms with Crippen LogP contribution in [0.1, 0.15) is 20.3 Å². The van der Waals surface area contributed by atoms with Crippen molar-refractivity contribution in [3.05, 3.63) is 57.6 Å². The molecule has 0 atom stereocenters. The fraction of sp³-hybridized carbons (Fsp3) is 0.350. The molecule has 2 aromatic carbocycles. The van der Waals surface area contributed by atoms with Crippen LogP contribution in [0.15, 0.2) is 42.5 Å². The van der Waals surface area contributed by atoms with Gasteiger partial charge >= 0.3 is 0 Å². The van der Waals surface area contributed by atoms with Crippen molar-refractivity contribution in [2.45, 2.75) is 20.3 Å². The van der Waals surface area contributed by atoms with Crippen LogP contribution in [-0.2, 0) is 0 Å². The molecule has 0 saturated carbocycles. The Bertz CT molecular complexity index is 956. The van der Waals surface area contributed by atoms with Gasteiger partial charge in [0.05, 0.1) is 10.4 Å². The molecule has 0 saturated heterocycles. The van der Waals surface area contributed by atoms with E-state index >= 15 is 0 Å². The van der Waals surface area contributed by atoms with Crippen LogP contribution in [0.4, 0.5) is 5.69 Å². The summed E-state index contributed by atoms with van der Waals surface area (Å²) in [5, 5.41) is 11.8. The van der Waals surface area contributed by atoms with Gasteiger partial charge in [-0.1, -0.05) is 25.4 Å². The summed E-state index contributed by atoms with van der Waals surface area (Å²) in [6, 6.07) is 11.9. The number of nitro benzene ring substituents is 1. The number of imidazole rings is 1. The zero-order chi connectivity index (χ0) is 20.1. The topological polar surface area (TPSA) is 73.4 Å². The molecule has 0 spiro atoms. The number of nitro groups is 1. The number of hydrogen-bond donors (Lipinski definition) is 0. The first-order valence-corrected chi connectivity index (χ1v) is 9.69. The van der Waals surface area contributed by atoms with Gasteiger partial charge in [0.15, 0.2) is 5.82 Å². The molecule has 7 nitrogen and oxygen atoms in total. The van der Waals surface area contributed by atoms with E-state index in [-0.39, 0.29) is 18.1 Å². The number of hydrogen-bond acceptors (Lipinski definition) is 5. The molecule has 3 aromatic rings. The number of rotatable bonds is 9. The Morgan fingerprint density at radius 1 is 1.17 bits per heavy atom. The second-order valence-corrected chi connectivity index (χ2v) is 6.82. The van der Waals surface area contributed by atoms with Crippen LogP contribution in [-0.4, -0.2) is 45.8 Å². The van der Waals surface area contributed by atoms with Crippen molar-refractivity contribution in [1.29, 1.82) is 0 Å². The van der Waals surface area contributed by atoms with Gasteiger partial charge in [0.25, 0.3) is 5.69 Å². The number of nitrogens with zero attached hydrogens (tertiary/aromatic N) is 4. The van der Waals surface area contributed by atoms with E-state index < -0.39 is 4.92 Å². The minimum atomic E-state index is -0.418. The Labute approximate surface area is 180 Å². The standard InChI is InChI=1S/C20H23ClN4O3.ClH/c1-3-23(4-2)12-5-13-28-24-19-14-17(25(26)27)10-11-18(19)22-20(24)15-6-8-16(21)9-7-15;/h6-11,14H,3-5,12-13H2,1-2H3;1H. The number of halogens is 2. The summed E-state index contributed by atoms with van der Waals surface area (Å²) in [5.74, 6) is 0.593. The predicted octanol–water partition coefficient (Wildman–Crippen LogP) is 4.85. The molecule has 0 unspecified atom stereocenters. The van der Waals surface area contributed by atoms with E-state index in [0.717, 1.165) is 31.6 Å². The highest BCUT2D eigenvalue weighted by Crippen LogP contribution is 2.27. The highest BCUT2D eigenvalue weighted by molar-refractivity contribution is 6.30. The van der Waals surface area contributed by atoms with Crippen LogP contribution in [0.3, 0.4) is 0 Å². The molecule has 0 aliphatic rings. The monoisotopic (exact) mass is 438 g/mol. The maximum absolute atomic E-state index is 11.2. The number of fused-ring (bicyclic) bond motifs is 1. The summed E-state index contributed by atoms with van der Waals surface area (Å²) in [6.07, 6.45) is 0.844. The molecule has 0 radical (unpaired) electrons. The van der Waals surface area contributed by atoms with Gasteiger partial charge in [-0.05, 0) is 49.8 Å². The van der Waals surface area contributed by atoms with Gasteiger partial charge in [-0.25, -0.2) is 4.98 Å². The summed E-state index contributed by atoms with van der Waals surface area (Å²) in [5.41, 5.74) is 2.04. The van der Waals surface area contributed by atoms with E-state index in [9.17, 15) is 10.1 Å². The summed E-state index contributed by atoms with van der Waals surface area (Å²) < 4.78 is 1.59. The van der Waals surface area contributed by atoms with Gasteiger partial charge in [0.2, 0.25) is 0 Å². The fourth-order valence-electron chi connectivity index (χ4n) is 3.05. The van der Waals surface area contributed by atoms with E-state index in [1.165, 1.54) is 12.1 Å². The molecule has 9 heteroatoms. The minimum absolute atomic E-state index is 0. The van der Waals surface area contributed by atoms with E-state index in [4.69, 9.17) is 16.4 Å². The highest BCUT2D eigenvalue weighted by atomic mass is 35.5. The molecule has 1 aromatic heterocycles. The SMILES string of the molecule is CCN(CC)CCCOn1c(-c2ccc(Cl)cc2)nc2ccc([N+](=O)[O-])cc21.Cl. The van der Waals surface area contributed by atoms with Gasteiger partial charge in [0.1, 0.15) is 12.1 Å². The molecule has 29 heavy (non-hydrogen) atoms. The third-order valence-corrected chi connectivity index (χ3v) is 4.90. The number of non-ortho nitro benzene ring substituents is 1. The molecule has 1 heterocycles. The largest absolute Gasteiger partial charge is 0.412 e. The lowest BCUT2D eigenvalue weighted by Gasteiger charge is -2.18. The third kappa shape index (κ3) is 5.38. The van der Waals surface area contributed by atoms with Gasteiger partial charge in [0, 0.05) is 29.3 Å². The second-order valence-electron chi connectivity index (χ2n) is 6.38. The van der Waals surface area contributed by atoms with Crippen molar-refractivity contribution in [1.82, 2.24) is 14.6 Å². The third-order valence-electron chi connectivity index (χ3n) is 4.64. The maximum atomic E-state index is 11.2. The molecule has 0 aliphatic heterocycles. The summed E-state index contributed by atoms with van der Waals surface area (Å²) in [4.78, 5) is 23.7. The molecular weight excluding hydrogens is 415 g/mol. The lowest BCUT2D eigenvalue weighted by Crippen LogP contribution is -2.26. The average molecular weight is 439 g/mol. The predicted molar refractivity (Wildman–Crippen MR) is 118 cm³/mol. The zero-order valence-electron chi connectivity index (χ0n) is 16.4. The van der Waals surface area contributed by atoms with Crippen LogP contribution >= 0.6 is 24.0 Å². The van der Waals surface area contributed by atoms with Crippen molar-refractivity contribution < 1.29 is 9.76 Å². The molecule has 0 N–H and O–H groups in total. The van der Waals surface area contributed by atoms with E-state index in [1.54, 1.807) is 22.9 Å². The van der Waals surface area contributed by atoms with Crippen LogP contribution in [0, 0.1) is 10.1 Å². The lowest BCUT2D eigenvalue weighted by molar-refractivity contribution is -0.384. The molecule has 0 fully saturated rings. The molecule has 0 bridgehead atoms. The van der Waals surface area contributed by atoms with Crippen molar-refractivity contribution in [3.8, 4) is 11.4 Å². The molecule has 0 aliphatic carbocycles. The van der Waals surface area contributed by atoms with Crippen LogP contribution in [0.25, 0.3) is 22.4 Å². The zero-order valence-corrected chi connectivity index (χ0v) is 17.9.